The SMILES string of the molecule is CCn1c(=O)c(Nn2ccc3ccccc32)cc2ccccc21. The van der Waals surface area contributed by atoms with Crippen molar-refractivity contribution in [3.63, 3.8) is 0 Å². The van der Waals surface area contributed by atoms with E-state index in [0.717, 1.165) is 21.8 Å². The molecule has 0 aliphatic rings. The molecule has 4 rings (SSSR count). The van der Waals surface area contributed by atoms with Crippen LogP contribution in [0.15, 0.2) is 71.7 Å². The molecule has 0 radical (unpaired) electrons. The molecule has 0 aliphatic heterocycles. The second-order valence-corrected chi connectivity index (χ2v) is 5.52. The van der Waals surface area contributed by atoms with Crippen LogP contribution >= 0.6 is 0 Å². The van der Waals surface area contributed by atoms with Crippen LogP contribution in [0.4, 0.5) is 5.69 Å². The van der Waals surface area contributed by atoms with Gasteiger partial charge in [0.25, 0.3) is 5.56 Å². The molecule has 114 valence electrons. The molecule has 0 amide bonds. The van der Waals surface area contributed by atoms with Crippen molar-refractivity contribution in [2.45, 2.75) is 13.5 Å². The van der Waals surface area contributed by atoms with Crippen LogP contribution in [0.3, 0.4) is 0 Å². The summed E-state index contributed by atoms with van der Waals surface area (Å²) in [5.41, 5.74) is 5.82. The maximum absolute atomic E-state index is 12.8. The van der Waals surface area contributed by atoms with E-state index in [1.807, 2.05) is 72.4 Å². The van der Waals surface area contributed by atoms with Gasteiger partial charge in [0.1, 0.15) is 5.69 Å². The van der Waals surface area contributed by atoms with Gasteiger partial charge in [0, 0.05) is 23.5 Å². The van der Waals surface area contributed by atoms with Crippen molar-refractivity contribution in [3.05, 3.63) is 77.2 Å². The molecule has 4 aromatic rings. The lowest BCUT2D eigenvalue weighted by Gasteiger charge is -2.14. The van der Waals surface area contributed by atoms with Crippen LogP contribution in [0.1, 0.15) is 6.92 Å². The molecular formula is C19H17N3O. The van der Waals surface area contributed by atoms with Gasteiger partial charge in [-0.05, 0) is 31.2 Å². The van der Waals surface area contributed by atoms with E-state index >= 15 is 0 Å². The van der Waals surface area contributed by atoms with Crippen LogP contribution < -0.4 is 11.0 Å². The summed E-state index contributed by atoms with van der Waals surface area (Å²) >= 11 is 0. The Morgan fingerprint density at radius 2 is 1.61 bits per heavy atom. The molecular weight excluding hydrogens is 286 g/mol. The zero-order chi connectivity index (χ0) is 15.8. The van der Waals surface area contributed by atoms with Crippen molar-refractivity contribution >= 4 is 27.5 Å². The lowest BCUT2D eigenvalue weighted by Crippen LogP contribution is -2.24. The molecule has 23 heavy (non-hydrogen) atoms. The topological polar surface area (TPSA) is 39.0 Å². The number of aromatic nitrogens is 2. The molecule has 4 heteroatoms. The number of hydrogen-bond acceptors (Lipinski definition) is 2. The Balaban J connectivity index is 1.89. The average molecular weight is 303 g/mol. The standard InChI is InChI=1S/C19H17N3O/c1-2-21-17-9-5-4-8-15(17)13-16(19(21)23)20-22-12-11-14-7-3-6-10-18(14)22/h3-13,20H,2H2,1H3. The third-order valence-corrected chi connectivity index (χ3v) is 4.16. The highest BCUT2D eigenvalue weighted by atomic mass is 16.1. The number of fused-ring (bicyclic) bond motifs is 2. The third kappa shape index (κ3) is 2.19. The summed E-state index contributed by atoms with van der Waals surface area (Å²) < 4.78 is 3.68. The summed E-state index contributed by atoms with van der Waals surface area (Å²) in [6.45, 7) is 2.63. The molecule has 0 spiro atoms. The van der Waals surface area contributed by atoms with Crippen LogP contribution in [-0.4, -0.2) is 9.24 Å². The molecule has 2 aromatic carbocycles. The lowest BCUT2D eigenvalue weighted by atomic mass is 10.2. The van der Waals surface area contributed by atoms with Crippen LogP contribution in [0.5, 0.6) is 0 Å². The van der Waals surface area contributed by atoms with Gasteiger partial charge in [-0.1, -0.05) is 36.4 Å². The van der Waals surface area contributed by atoms with Crippen LogP contribution in [-0.2, 0) is 6.54 Å². The second kappa shape index (κ2) is 5.32. The van der Waals surface area contributed by atoms with Crippen molar-refractivity contribution in [2.24, 2.45) is 0 Å². The van der Waals surface area contributed by atoms with E-state index < -0.39 is 0 Å². The highest BCUT2D eigenvalue weighted by molar-refractivity contribution is 5.83. The Morgan fingerprint density at radius 3 is 2.39 bits per heavy atom. The molecule has 0 saturated heterocycles. The first kappa shape index (κ1) is 13.6. The van der Waals surface area contributed by atoms with Gasteiger partial charge >= 0.3 is 0 Å². The quantitative estimate of drug-likeness (QED) is 0.624. The third-order valence-electron chi connectivity index (χ3n) is 4.16. The van der Waals surface area contributed by atoms with Gasteiger partial charge in [0.2, 0.25) is 0 Å². The molecule has 0 saturated carbocycles. The minimum Gasteiger partial charge on any atom is -0.307 e. The maximum atomic E-state index is 12.8. The van der Waals surface area contributed by atoms with Gasteiger partial charge in [-0.3, -0.25) is 14.9 Å². The number of benzene rings is 2. The Labute approximate surface area is 133 Å². The zero-order valence-corrected chi connectivity index (χ0v) is 12.9. The van der Waals surface area contributed by atoms with Gasteiger partial charge in [-0.25, -0.2) is 0 Å². The summed E-state index contributed by atoms with van der Waals surface area (Å²) in [6, 6.07) is 20.0. The Morgan fingerprint density at radius 1 is 0.913 bits per heavy atom. The van der Waals surface area contributed by atoms with Crippen LogP contribution in [0, 0.1) is 0 Å². The summed E-state index contributed by atoms with van der Waals surface area (Å²) in [5, 5.41) is 2.18. The lowest BCUT2D eigenvalue weighted by molar-refractivity contribution is 0.758. The van der Waals surface area contributed by atoms with Crippen LogP contribution in [0.25, 0.3) is 21.8 Å². The Bertz CT molecular complexity index is 1060. The average Bonchev–Trinajstić information content (AvgIpc) is 2.99. The maximum Gasteiger partial charge on any atom is 0.276 e. The number of aryl methyl sites for hydroxylation is 1. The molecule has 0 bridgehead atoms. The summed E-state index contributed by atoms with van der Waals surface area (Å²) in [7, 11) is 0. The number of hydrogen-bond donors (Lipinski definition) is 1. The molecule has 0 fully saturated rings. The summed E-state index contributed by atoms with van der Waals surface area (Å²) in [6.07, 6.45) is 1.94. The minimum atomic E-state index is -0.0102. The monoisotopic (exact) mass is 303 g/mol. The predicted octanol–water partition coefficient (Wildman–Crippen LogP) is 3.85. The first-order chi connectivity index (χ1) is 11.3. The number of anilines is 1. The predicted molar refractivity (Wildman–Crippen MR) is 94.8 cm³/mol. The molecule has 4 nitrogen and oxygen atoms in total. The van der Waals surface area contributed by atoms with Gasteiger partial charge < -0.3 is 4.57 Å². The molecule has 0 aliphatic carbocycles. The van der Waals surface area contributed by atoms with Gasteiger partial charge in [0.15, 0.2) is 0 Å². The van der Waals surface area contributed by atoms with E-state index in [0.29, 0.717) is 12.2 Å². The van der Waals surface area contributed by atoms with E-state index in [1.165, 1.54) is 0 Å². The van der Waals surface area contributed by atoms with Gasteiger partial charge in [0.05, 0.1) is 11.0 Å². The Hall–Kier alpha value is -3.01. The summed E-state index contributed by atoms with van der Waals surface area (Å²) in [5.74, 6) is 0. The number of pyridine rings is 1. The fourth-order valence-electron chi connectivity index (χ4n) is 3.03. The van der Waals surface area contributed by atoms with Crippen molar-refractivity contribution < 1.29 is 0 Å². The molecule has 0 atom stereocenters. The number of nitrogens with zero attached hydrogens (tertiary/aromatic N) is 2. The van der Waals surface area contributed by atoms with Crippen LogP contribution in [0.2, 0.25) is 0 Å². The number of rotatable bonds is 3. The number of para-hydroxylation sites is 2. The summed E-state index contributed by atoms with van der Waals surface area (Å²) in [4.78, 5) is 12.8. The fraction of sp³-hybridized carbons (Fsp3) is 0.105. The molecule has 2 aromatic heterocycles. The van der Waals surface area contributed by atoms with Gasteiger partial charge in [-0.15, -0.1) is 0 Å². The van der Waals surface area contributed by atoms with E-state index in [2.05, 4.69) is 11.5 Å². The smallest absolute Gasteiger partial charge is 0.276 e. The normalized spacial score (nSPS) is 11.2. The van der Waals surface area contributed by atoms with Crippen molar-refractivity contribution in [1.29, 1.82) is 0 Å². The zero-order valence-electron chi connectivity index (χ0n) is 12.9. The van der Waals surface area contributed by atoms with Gasteiger partial charge in [-0.2, -0.15) is 0 Å². The molecule has 0 unspecified atom stereocenters. The second-order valence-electron chi connectivity index (χ2n) is 5.52. The first-order valence-corrected chi connectivity index (χ1v) is 7.73. The largest absolute Gasteiger partial charge is 0.307 e. The minimum absolute atomic E-state index is 0.0102. The van der Waals surface area contributed by atoms with Crippen molar-refractivity contribution in [1.82, 2.24) is 9.24 Å². The van der Waals surface area contributed by atoms with Crippen molar-refractivity contribution in [3.8, 4) is 0 Å². The molecule has 1 N–H and O–H groups in total. The number of nitrogens with one attached hydrogen (secondary N) is 1. The first-order valence-electron chi connectivity index (χ1n) is 7.73. The highest BCUT2D eigenvalue weighted by Gasteiger charge is 2.09. The van der Waals surface area contributed by atoms with E-state index in [4.69, 9.17) is 0 Å². The van der Waals surface area contributed by atoms with E-state index in [1.54, 1.807) is 4.57 Å². The van der Waals surface area contributed by atoms with Crippen molar-refractivity contribution in [2.75, 3.05) is 5.43 Å². The fourth-order valence-corrected chi connectivity index (χ4v) is 3.03. The Kier molecular flexibility index (Phi) is 3.15. The van der Waals surface area contributed by atoms with E-state index in [9.17, 15) is 4.79 Å². The van der Waals surface area contributed by atoms with E-state index in [-0.39, 0.29) is 5.56 Å². The molecule has 2 heterocycles. The highest BCUT2D eigenvalue weighted by Crippen LogP contribution is 2.18.